The number of rotatable bonds is 16. The third kappa shape index (κ3) is 10.2. The van der Waals surface area contributed by atoms with Crippen LogP contribution < -0.4 is 5.32 Å². The first kappa shape index (κ1) is 34.2. The van der Waals surface area contributed by atoms with E-state index >= 15 is 0 Å². The number of ether oxygens (including phenoxy) is 2. The van der Waals surface area contributed by atoms with Crippen molar-refractivity contribution >= 4 is 29.6 Å². The number of hydrogen-bond acceptors (Lipinski definition) is 8. The molecule has 3 atom stereocenters. The number of amides is 1. The highest BCUT2D eigenvalue weighted by atomic mass is 32.2. The second-order valence-corrected chi connectivity index (χ2v) is 12.7. The number of hydrogen-bond donors (Lipinski definition) is 1. The van der Waals surface area contributed by atoms with Crippen LogP contribution in [0.4, 0.5) is 0 Å². The maximum Gasteiger partial charge on any atom is 0.361 e. The van der Waals surface area contributed by atoms with Crippen LogP contribution in [0.15, 0.2) is 132 Å². The summed E-state index contributed by atoms with van der Waals surface area (Å²) >= 11 is 1.29. The van der Waals surface area contributed by atoms with E-state index in [1.807, 2.05) is 121 Å². The molecule has 2 unspecified atom stereocenters. The molecule has 0 saturated carbocycles. The highest BCUT2D eigenvalue weighted by Gasteiger charge is 2.32. The average molecular weight is 663 g/mol. The van der Waals surface area contributed by atoms with E-state index in [0.717, 1.165) is 28.6 Å². The van der Waals surface area contributed by atoms with E-state index in [1.54, 1.807) is 6.92 Å². The van der Waals surface area contributed by atoms with Crippen molar-refractivity contribution < 1.29 is 28.3 Å². The van der Waals surface area contributed by atoms with Crippen LogP contribution in [0.25, 0.3) is 0 Å². The zero-order valence-electron chi connectivity index (χ0n) is 26.7. The molecular formula is C39H38N2O6S. The molecule has 0 bridgehead atoms. The summed E-state index contributed by atoms with van der Waals surface area (Å²) in [6.07, 6.45) is 2.66. The number of benzene rings is 4. The van der Waals surface area contributed by atoms with Crippen LogP contribution in [0.5, 0.6) is 0 Å². The van der Waals surface area contributed by atoms with Gasteiger partial charge in [-0.1, -0.05) is 121 Å². The summed E-state index contributed by atoms with van der Waals surface area (Å²) < 4.78 is 16.8. The van der Waals surface area contributed by atoms with Crippen molar-refractivity contribution in [2.24, 2.45) is 0 Å². The lowest BCUT2D eigenvalue weighted by Crippen LogP contribution is -2.38. The van der Waals surface area contributed by atoms with Gasteiger partial charge in [0.1, 0.15) is 18.5 Å². The van der Waals surface area contributed by atoms with Gasteiger partial charge in [0.15, 0.2) is 17.8 Å². The average Bonchev–Trinajstić information content (AvgIpc) is 3.63. The topological polar surface area (TPSA) is 108 Å². The van der Waals surface area contributed by atoms with Crippen molar-refractivity contribution in [2.45, 2.75) is 55.9 Å². The van der Waals surface area contributed by atoms with E-state index in [2.05, 4.69) is 10.3 Å². The molecule has 8 nitrogen and oxygen atoms in total. The number of carbonyl (C=O) groups excluding carboxylic acids is 3. The van der Waals surface area contributed by atoms with Crippen molar-refractivity contribution in [3.8, 4) is 0 Å². The highest BCUT2D eigenvalue weighted by Crippen LogP contribution is 2.28. The maximum atomic E-state index is 14.0. The lowest BCUT2D eigenvalue weighted by molar-refractivity contribution is -0.144. The molecule has 0 saturated heterocycles. The number of aryl methyl sites for hydroxylation is 1. The number of nitrogens with one attached hydrogen (secondary N) is 1. The van der Waals surface area contributed by atoms with Gasteiger partial charge in [-0.2, -0.15) is 0 Å². The van der Waals surface area contributed by atoms with Gasteiger partial charge in [0.25, 0.3) is 0 Å². The zero-order valence-corrected chi connectivity index (χ0v) is 27.5. The number of carbonyl (C=O) groups is 3. The van der Waals surface area contributed by atoms with Crippen LogP contribution in [0.2, 0.25) is 0 Å². The number of aromatic nitrogens is 1. The van der Waals surface area contributed by atoms with E-state index in [1.165, 1.54) is 11.8 Å². The van der Waals surface area contributed by atoms with Crippen molar-refractivity contribution in [1.29, 1.82) is 0 Å². The fourth-order valence-electron chi connectivity index (χ4n) is 5.11. The summed E-state index contributed by atoms with van der Waals surface area (Å²) in [5.74, 6) is -1.15. The summed E-state index contributed by atoms with van der Waals surface area (Å²) in [6, 6.07) is 37.7. The van der Waals surface area contributed by atoms with Gasteiger partial charge in [0.2, 0.25) is 5.91 Å². The second-order valence-electron chi connectivity index (χ2n) is 11.3. The Morgan fingerprint density at radius 2 is 1.23 bits per heavy atom. The first-order valence-electron chi connectivity index (χ1n) is 15.8. The molecule has 5 rings (SSSR count). The first-order valence-corrected chi connectivity index (χ1v) is 16.8. The third-order valence-electron chi connectivity index (χ3n) is 7.66. The molecule has 1 N–H and O–H groups in total. The summed E-state index contributed by atoms with van der Waals surface area (Å²) in [4.78, 5) is 44.6. The van der Waals surface area contributed by atoms with Crippen LogP contribution >= 0.6 is 11.8 Å². The van der Waals surface area contributed by atoms with Crippen molar-refractivity contribution in [2.75, 3.05) is 0 Å². The number of oxazole rings is 1. The van der Waals surface area contributed by atoms with Gasteiger partial charge in [0, 0.05) is 0 Å². The summed E-state index contributed by atoms with van der Waals surface area (Å²) in [7, 11) is 0. The van der Waals surface area contributed by atoms with Crippen molar-refractivity contribution in [1.82, 2.24) is 10.3 Å². The predicted molar refractivity (Wildman–Crippen MR) is 185 cm³/mol. The maximum absolute atomic E-state index is 14.0. The second kappa shape index (κ2) is 17.7. The summed E-state index contributed by atoms with van der Waals surface area (Å²) in [5, 5.41) is 1.72. The van der Waals surface area contributed by atoms with Gasteiger partial charge >= 0.3 is 11.9 Å². The highest BCUT2D eigenvalue weighted by molar-refractivity contribution is 8.01. The number of nitrogens with zero attached hydrogens (tertiary/aromatic N) is 1. The van der Waals surface area contributed by atoms with Gasteiger partial charge < -0.3 is 19.2 Å². The Balaban J connectivity index is 1.31. The molecule has 1 heterocycles. The Bertz CT molecular complexity index is 1730. The lowest BCUT2D eigenvalue weighted by Gasteiger charge is -2.24. The third-order valence-corrected chi connectivity index (χ3v) is 9.13. The molecule has 0 aliphatic rings. The lowest BCUT2D eigenvalue weighted by atomic mass is 10.1. The Kier molecular flexibility index (Phi) is 12.6. The number of thioether (sulfide) groups is 1. The van der Waals surface area contributed by atoms with Crippen LogP contribution in [0.1, 0.15) is 57.9 Å². The van der Waals surface area contributed by atoms with Crippen molar-refractivity contribution in [3.63, 3.8) is 0 Å². The van der Waals surface area contributed by atoms with Crippen LogP contribution in [-0.4, -0.2) is 33.3 Å². The summed E-state index contributed by atoms with van der Waals surface area (Å²) in [5.41, 5.74) is 3.75. The summed E-state index contributed by atoms with van der Waals surface area (Å²) in [6.45, 7) is 1.94. The molecule has 4 aromatic carbocycles. The monoisotopic (exact) mass is 662 g/mol. The minimum Gasteiger partial charge on any atom is -0.460 e. The van der Waals surface area contributed by atoms with E-state index in [0.29, 0.717) is 19.3 Å². The molecule has 246 valence electrons. The molecule has 9 heteroatoms. The van der Waals surface area contributed by atoms with Gasteiger partial charge in [-0.15, -0.1) is 11.8 Å². The zero-order chi connectivity index (χ0) is 33.6. The fraction of sp³-hybridized carbons (Fsp3) is 0.231. The SMILES string of the molecule is CC(NC(=O)C(Cc1ccccc1)S[C@@H](CCc1ccccc1)C(=O)OCc1ccccc1)c1ocnc1C(=O)OCc1ccccc1. The Labute approximate surface area is 284 Å². The van der Waals surface area contributed by atoms with E-state index in [4.69, 9.17) is 13.9 Å². The quantitative estimate of drug-likeness (QED) is 0.110. The molecule has 0 aliphatic carbocycles. The molecule has 1 amide bonds. The Morgan fingerprint density at radius 3 is 1.81 bits per heavy atom. The number of esters is 2. The van der Waals surface area contributed by atoms with Gasteiger partial charge in [-0.05, 0) is 48.4 Å². The van der Waals surface area contributed by atoms with Gasteiger partial charge in [-0.3, -0.25) is 9.59 Å². The Hall–Kier alpha value is -5.15. The van der Waals surface area contributed by atoms with Crippen LogP contribution in [0, 0.1) is 0 Å². The molecule has 0 fully saturated rings. The standard InChI is InChI=1S/C39H38N2O6S/c1-28(36-35(40-27-47-36)39(44)46-26-32-20-12-5-13-21-32)41-37(42)34(24-30-16-8-3-9-17-30)48-33(23-22-29-14-6-2-7-15-29)38(43)45-25-31-18-10-4-11-19-31/h2-21,27-28,33-34H,22-26H2,1H3,(H,41,42)/t28?,33-,34?/m0/s1. The predicted octanol–water partition coefficient (Wildman–Crippen LogP) is 7.30. The van der Waals surface area contributed by atoms with E-state index in [9.17, 15) is 14.4 Å². The van der Waals surface area contributed by atoms with Crippen LogP contribution in [-0.2, 0) is 45.1 Å². The van der Waals surface area contributed by atoms with E-state index < -0.39 is 22.5 Å². The molecular weight excluding hydrogens is 625 g/mol. The van der Waals surface area contributed by atoms with Gasteiger partial charge in [0.05, 0.1) is 11.3 Å². The molecule has 48 heavy (non-hydrogen) atoms. The largest absolute Gasteiger partial charge is 0.460 e. The normalized spacial score (nSPS) is 12.8. The first-order chi connectivity index (χ1) is 23.5. The van der Waals surface area contributed by atoms with Crippen molar-refractivity contribution in [3.05, 3.63) is 161 Å². The molecule has 0 radical (unpaired) electrons. The Morgan fingerprint density at radius 1 is 0.708 bits per heavy atom. The molecule has 5 aromatic rings. The minimum atomic E-state index is -0.703. The van der Waals surface area contributed by atoms with Crippen LogP contribution in [0.3, 0.4) is 0 Å². The fourth-order valence-corrected chi connectivity index (χ4v) is 6.42. The van der Waals surface area contributed by atoms with E-state index in [-0.39, 0.29) is 36.5 Å². The smallest absolute Gasteiger partial charge is 0.361 e. The minimum absolute atomic E-state index is 0.00350. The molecule has 0 spiro atoms. The van der Waals surface area contributed by atoms with Gasteiger partial charge in [-0.25, -0.2) is 9.78 Å². The molecule has 1 aromatic heterocycles. The molecule has 0 aliphatic heterocycles.